The van der Waals surface area contributed by atoms with Gasteiger partial charge in [-0.05, 0) is 0 Å². The van der Waals surface area contributed by atoms with Gasteiger partial charge in [-0.1, -0.05) is 0 Å². The lowest BCUT2D eigenvalue weighted by molar-refractivity contribution is -0.169. The second-order valence-corrected chi connectivity index (χ2v) is 4.34. The monoisotopic (exact) mass is 276 g/mol. The smallest absolute Gasteiger partial charge is 0.454 e. The van der Waals surface area contributed by atoms with Crippen LogP contribution in [0.4, 0.5) is 8.78 Å². The summed E-state index contributed by atoms with van der Waals surface area (Å²) < 4.78 is 62.4. The van der Waals surface area contributed by atoms with Gasteiger partial charge in [-0.2, -0.15) is 17.2 Å². The molecule has 0 fully saturated rings. The zero-order chi connectivity index (χ0) is 13.7. The third kappa shape index (κ3) is 4.32. The summed E-state index contributed by atoms with van der Waals surface area (Å²) in [6.45, 7) is -0.369. The molecule has 17 heavy (non-hydrogen) atoms. The molecule has 0 aliphatic heterocycles. The van der Waals surface area contributed by atoms with Gasteiger partial charge in [0.2, 0.25) is 0 Å². The van der Waals surface area contributed by atoms with Gasteiger partial charge >= 0.3 is 21.3 Å². The second-order valence-electron chi connectivity index (χ2n) is 2.88. The highest BCUT2D eigenvalue weighted by Gasteiger charge is 2.54. The molecule has 1 N–H and O–H groups in total. The second kappa shape index (κ2) is 5.98. The summed E-state index contributed by atoms with van der Waals surface area (Å²) in [5.74, 6) is -2.47. The Morgan fingerprint density at radius 1 is 1.53 bits per heavy atom. The predicted octanol–water partition coefficient (Wildman–Crippen LogP) is -0.386. The topological polar surface area (TPSA) is 107 Å². The minimum atomic E-state index is -5.91. The molecule has 0 spiro atoms. The first-order valence-corrected chi connectivity index (χ1v) is 5.59. The number of hydrogen-bond donors (Lipinski definition) is 1. The van der Waals surface area contributed by atoms with Gasteiger partial charge in [-0.15, -0.1) is 0 Å². The average molecular weight is 276 g/mol. The third-order valence-electron chi connectivity index (χ3n) is 1.55. The fourth-order valence-corrected chi connectivity index (χ4v) is 1.03. The van der Waals surface area contributed by atoms with Gasteiger partial charge in [0.15, 0.2) is 0 Å². The molecule has 1 atom stereocenters. The van der Waals surface area contributed by atoms with E-state index in [1.54, 1.807) is 0 Å². The fourth-order valence-electron chi connectivity index (χ4n) is 0.769. The van der Waals surface area contributed by atoms with Crippen LogP contribution in [-0.2, 0) is 29.2 Å². The van der Waals surface area contributed by atoms with Crippen molar-refractivity contribution in [2.24, 2.45) is 0 Å². The molecule has 10 heteroatoms. The average Bonchev–Trinajstić information content (AvgIpc) is 2.16. The highest BCUT2D eigenvalue weighted by molar-refractivity contribution is 7.87. The van der Waals surface area contributed by atoms with Crippen LogP contribution in [0.1, 0.15) is 6.42 Å². The molecule has 0 saturated carbocycles. The van der Waals surface area contributed by atoms with Crippen molar-refractivity contribution in [2.75, 3.05) is 13.7 Å². The van der Waals surface area contributed by atoms with Crippen molar-refractivity contribution in [3.63, 3.8) is 0 Å². The molecule has 0 saturated heterocycles. The largest absolute Gasteiger partial charge is 0.465 e. The lowest BCUT2D eigenvalue weighted by Gasteiger charge is -2.17. The van der Waals surface area contributed by atoms with Crippen LogP contribution >= 0.6 is 0 Å². The van der Waals surface area contributed by atoms with Crippen LogP contribution in [0.2, 0.25) is 0 Å². The molecule has 7 nitrogen and oxygen atoms in total. The molecule has 0 bridgehead atoms. The zero-order valence-corrected chi connectivity index (χ0v) is 9.45. The fraction of sp³-hybridized carbons (Fsp3) is 0.714. The Hall–Kier alpha value is -1.13. The van der Waals surface area contributed by atoms with E-state index in [0.29, 0.717) is 0 Å². The lowest BCUT2D eigenvalue weighted by Crippen LogP contribution is -2.41. The molecule has 0 amide bonds. The number of alkyl halides is 2. The van der Waals surface area contributed by atoms with Crippen LogP contribution in [0.5, 0.6) is 0 Å². The SMILES string of the molecule is COCC(CC=O)OC(=O)C(F)(F)S(=O)(=O)O. The van der Waals surface area contributed by atoms with Gasteiger partial charge in [0.05, 0.1) is 6.61 Å². The lowest BCUT2D eigenvalue weighted by atomic mass is 10.3. The number of esters is 1. The number of aldehydes is 1. The Balaban J connectivity index is 4.77. The molecule has 1 unspecified atom stereocenters. The van der Waals surface area contributed by atoms with E-state index in [-0.39, 0.29) is 12.9 Å². The normalized spacial score (nSPS) is 14.1. The van der Waals surface area contributed by atoms with Crippen LogP contribution in [0.25, 0.3) is 0 Å². The van der Waals surface area contributed by atoms with Gasteiger partial charge in [0, 0.05) is 13.5 Å². The number of methoxy groups -OCH3 is 1. The molecule has 100 valence electrons. The highest BCUT2D eigenvalue weighted by atomic mass is 32.2. The Morgan fingerprint density at radius 2 is 2.06 bits per heavy atom. The van der Waals surface area contributed by atoms with Gasteiger partial charge in [-0.25, -0.2) is 4.79 Å². The number of ether oxygens (including phenoxy) is 2. The van der Waals surface area contributed by atoms with Crippen LogP contribution in [0.3, 0.4) is 0 Å². The number of hydrogen-bond acceptors (Lipinski definition) is 6. The first kappa shape index (κ1) is 15.9. The maximum Gasteiger partial charge on any atom is 0.465 e. The summed E-state index contributed by atoms with van der Waals surface area (Å²) in [5.41, 5.74) is 0. The predicted molar refractivity (Wildman–Crippen MR) is 48.9 cm³/mol. The van der Waals surface area contributed by atoms with Crippen LogP contribution in [0, 0.1) is 0 Å². The van der Waals surface area contributed by atoms with E-state index in [4.69, 9.17) is 4.55 Å². The summed E-state index contributed by atoms with van der Waals surface area (Å²) >= 11 is 0. The summed E-state index contributed by atoms with van der Waals surface area (Å²) in [5, 5.41) is -5.08. The summed E-state index contributed by atoms with van der Waals surface area (Å²) in [6, 6.07) is 0. The van der Waals surface area contributed by atoms with Crippen LogP contribution in [0.15, 0.2) is 0 Å². The molecule has 0 aliphatic rings. The van der Waals surface area contributed by atoms with E-state index in [0.717, 1.165) is 7.11 Å². The van der Waals surface area contributed by atoms with Crippen molar-refractivity contribution in [1.29, 1.82) is 0 Å². The van der Waals surface area contributed by atoms with Gasteiger partial charge in [-0.3, -0.25) is 4.55 Å². The van der Waals surface area contributed by atoms with Gasteiger partial charge in [0.1, 0.15) is 12.4 Å². The van der Waals surface area contributed by atoms with E-state index >= 15 is 0 Å². The third-order valence-corrected chi connectivity index (χ3v) is 2.36. The molecule has 0 aromatic heterocycles. The van der Waals surface area contributed by atoms with E-state index in [9.17, 15) is 26.8 Å². The number of rotatable bonds is 7. The molecule has 0 aromatic rings. The van der Waals surface area contributed by atoms with Crippen molar-refractivity contribution in [1.82, 2.24) is 0 Å². The summed E-state index contributed by atoms with van der Waals surface area (Å²) in [7, 11) is -4.75. The quantitative estimate of drug-likeness (QED) is 0.383. The van der Waals surface area contributed by atoms with E-state index in [1.807, 2.05) is 0 Å². The first-order valence-electron chi connectivity index (χ1n) is 4.15. The Bertz CT molecular complexity index is 378. The molecular weight excluding hydrogens is 266 g/mol. The molecular formula is C7H10F2O7S. The van der Waals surface area contributed by atoms with E-state index in [1.165, 1.54) is 0 Å². The molecule has 0 aliphatic carbocycles. The minimum absolute atomic E-state index is 0.280. The van der Waals surface area contributed by atoms with Crippen molar-refractivity contribution < 1.29 is 40.8 Å². The molecule has 0 radical (unpaired) electrons. The van der Waals surface area contributed by atoms with Crippen LogP contribution < -0.4 is 0 Å². The number of carbonyl (C=O) groups excluding carboxylic acids is 2. The van der Waals surface area contributed by atoms with Gasteiger partial charge < -0.3 is 14.3 Å². The highest BCUT2D eigenvalue weighted by Crippen LogP contribution is 2.23. The standard InChI is InChI=1S/C7H10F2O7S/c1-15-4-5(2-3-10)16-6(11)7(8,9)17(12,13)14/h3,5H,2,4H2,1H3,(H,12,13,14). The molecule has 0 rings (SSSR count). The Morgan fingerprint density at radius 3 is 2.41 bits per heavy atom. The van der Waals surface area contributed by atoms with Crippen LogP contribution in [-0.4, -0.2) is 50.3 Å². The number of halogens is 2. The van der Waals surface area contributed by atoms with Gasteiger partial charge in [0.25, 0.3) is 0 Å². The molecule has 0 aromatic carbocycles. The number of carbonyl (C=O) groups is 2. The van der Waals surface area contributed by atoms with Crippen molar-refractivity contribution in [3.05, 3.63) is 0 Å². The Kier molecular flexibility index (Phi) is 5.58. The maximum atomic E-state index is 12.7. The van der Waals surface area contributed by atoms with Crippen molar-refractivity contribution in [3.8, 4) is 0 Å². The Labute approximate surface area is 95.4 Å². The summed E-state index contributed by atoms with van der Waals surface area (Å²) in [4.78, 5) is 20.9. The summed E-state index contributed by atoms with van der Waals surface area (Å²) in [6.07, 6.45) is -1.51. The van der Waals surface area contributed by atoms with E-state index in [2.05, 4.69) is 9.47 Å². The van der Waals surface area contributed by atoms with E-state index < -0.39 is 33.9 Å². The van der Waals surface area contributed by atoms with Crippen molar-refractivity contribution >= 4 is 22.4 Å². The first-order chi connectivity index (χ1) is 7.66. The minimum Gasteiger partial charge on any atom is -0.454 e. The zero-order valence-electron chi connectivity index (χ0n) is 8.63. The maximum absolute atomic E-state index is 12.7. The van der Waals surface area contributed by atoms with Crippen molar-refractivity contribution in [2.45, 2.75) is 17.8 Å². The molecule has 0 heterocycles.